The number of aliphatic imine (C=N–C) groups is 1. The summed E-state index contributed by atoms with van der Waals surface area (Å²) in [6.45, 7) is -2.66. The monoisotopic (exact) mass is 429 g/mol. The molecular formula is C14H22F2IN3O2. The highest BCUT2D eigenvalue weighted by Crippen LogP contribution is 2.26. The first-order valence-electron chi connectivity index (χ1n) is 6.36. The minimum Gasteiger partial charge on any atom is -0.497 e. The molecule has 0 unspecified atom stereocenters. The molecule has 0 saturated heterocycles. The lowest BCUT2D eigenvalue weighted by atomic mass is 10.2. The van der Waals surface area contributed by atoms with Crippen LogP contribution in [0.4, 0.5) is 8.78 Å². The summed E-state index contributed by atoms with van der Waals surface area (Å²) >= 11 is 0. The SMILES string of the molecule is COc1ccc(OC(F)F)c(CN=C(N(C)C)N(C)C)c1.I. The zero-order valence-electron chi connectivity index (χ0n) is 13.3. The van der Waals surface area contributed by atoms with Crippen LogP contribution in [0.3, 0.4) is 0 Å². The Morgan fingerprint density at radius 3 is 2.23 bits per heavy atom. The van der Waals surface area contributed by atoms with Crippen LogP contribution < -0.4 is 9.47 Å². The number of hydrogen-bond donors (Lipinski definition) is 0. The Morgan fingerprint density at radius 2 is 1.77 bits per heavy atom. The van der Waals surface area contributed by atoms with Gasteiger partial charge >= 0.3 is 6.61 Å². The third-order valence-electron chi connectivity index (χ3n) is 2.67. The minimum absolute atomic E-state index is 0. The summed E-state index contributed by atoms with van der Waals surface area (Å²) in [6, 6.07) is 4.68. The fourth-order valence-corrected chi connectivity index (χ4v) is 1.86. The molecule has 0 spiro atoms. The van der Waals surface area contributed by atoms with Crippen LogP contribution in [0.2, 0.25) is 0 Å². The van der Waals surface area contributed by atoms with Crippen molar-refractivity contribution in [2.45, 2.75) is 13.2 Å². The lowest BCUT2D eigenvalue weighted by molar-refractivity contribution is -0.0504. The highest BCUT2D eigenvalue weighted by molar-refractivity contribution is 14.0. The minimum atomic E-state index is -2.87. The quantitative estimate of drug-likeness (QED) is 0.410. The summed E-state index contributed by atoms with van der Waals surface area (Å²) in [5, 5.41) is 0. The average molecular weight is 429 g/mol. The van der Waals surface area contributed by atoms with Crippen molar-refractivity contribution in [3.05, 3.63) is 23.8 Å². The van der Waals surface area contributed by atoms with Gasteiger partial charge in [-0.15, -0.1) is 24.0 Å². The summed E-state index contributed by atoms with van der Waals surface area (Å²) in [5.41, 5.74) is 0.538. The molecule has 0 radical (unpaired) electrons. The smallest absolute Gasteiger partial charge is 0.387 e. The van der Waals surface area contributed by atoms with Gasteiger partial charge in [-0.1, -0.05) is 0 Å². The van der Waals surface area contributed by atoms with Gasteiger partial charge in [0.05, 0.1) is 13.7 Å². The Bertz CT molecular complexity index is 487. The lowest BCUT2D eigenvalue weighted by Crippen LogP contribution is -2.35. The molecule has 0 aliphatic carbocycles. The predicted octanol–water partition coefficient (Wildman–Crippen LogP) is 2.89. The van der Waals surface area contributed by atoms with E-state index in [0.29, 0.717) is 11.3 Å². The molecule has 1 rings (SSSR count). The Hall–Kier alpha value is -1.32. The van der Waals surface area contributed by atoms with E-state index in [2.05, 4.69) is 9.73 Å². The maximum absolute atomic E-state index is 12.4. The third-order valence-corrected chi connectivity index (χ3v) is 2.67. The molecule has 1 aromatic carbocycles. The number of guanidine groups is 1. The van der Waals surface area contributed by atoms with Gasteiger partial charge in [-0.3, -0.25) is 0 Å². The van der Waals surface area contributed by atoms with E-state index >= 15 is 0 Å². The van der Waals surface area contributed by atoms with Gasteiger partial charge in [-0.05, 0) is 18.2 Å². The van der Waals surface area contributed by atoms with Crippen LogP contribution in [0.15, 0.2) is 23.2 Å². The van der Waals surface area contributed by atoms with Crippen molar-refractivity contribution < 1.29 is 18.3 Å². The first-order valence-corrected chi connectivity index (χ1v) is 6.36. The fraction of sp³-hybridized carbons (Fsp3) is 0.500. The number of rotatable bonds is 5. The van der Waals surface area contributed by atoms with Crippen LogP contribution in [0.25, 0.3) is 0 Å². The van der Waals surface area contributed by atoms with E-state index in [-0.39, 0.29) is 36.3 Å². The summed E-state index contributed by atoms with van der Waals surface area (Å²) < 4.78 is 34.5. The summed E-state index contributed by atoms with van der Waals surface area (Å²) in [4.78, 5) is 8.11. The van der Waals surface area contributed by atoms with Crippen molar-refractivity contribution >= 4 is 29.9 Å². The molecule has 0 aliphatic heterocycles. The van der Waals surface area contributed by atoms with Crippen molar-refractivity contribution in [2.75, 3.05) is 35.3 Å². The Kier molecular flexibility index (Phi) is 9.07. The summed E-state index contributed by atoms with van der Waals surface area (Å²) in [5.74, 6) is 1.39. The van der Waals surface area contributed by atoms with Crippen LogP contribution in [0.1, 0.15) is 5.56 Å². The first kappa shape index (κ1) is 20.7. The molecule has 0 heterocycles. The van der Waals surface area contributed by atoms with Gasteiger partial charge in [0.15, 0.2) is 5.96 Å². The standard InChI is InChI=1S/C14H21F2N3O2.HI/c1-18(2)14(19(3)4)17-9-10-8-11(20-5)6-7-12(10)21-13(15)16;/h6-8,13H,9H2,1-5H3;1H. The van der Waals surface area contributed by atoms with Gasteiger partial charge < -0.3 is 19.3 Å². The van der Waals surface area contributed by atoms with E-state index in [4.69, 9.17) is 4.74 Å². The molecule has 8 heteroatoms. The van der Waals surface area contributed by atoms with Crippen LogP contribution >= 0.6 is 24.0 Å². The largest absolute Gasteiger partial charge is 0.497 e. The molecule has 0 saturated carbocycles. The van der Waals surface area contributed by atoms with Crippen LogP contribution in [0, 0.1) is 0 Å². The molecule has 0 amide bonds. The van der Waals surface area contributed by atoms with Gasteiger partial charge in [0.2, 0.25) is 0 Å². The van der Waals surface area contributed by atoms with Crippen molar-refractivity contribution in [3.63, 3.8) is 0 Å². The van der Waals surface area contributed by atoms with Gasteiger partial charge in [0.25, 0.3) is 0 Å². The fourth-order valence-electron chi connectivity index (χ4n) is 1.86. The summed E-state index contributed by atoms with van der Waals surface area (Å²) in [7, 11) is 8.96. The van der Waals surface area contributed by atoms with Crippen molar-refractivity contribution in [3.8, 4) is 11.5 Å². The van der Waals surface area contributed by atoms with E-state index in [0.717, 1.165) is 5.96 Å². The van der Waals surface area contributed by atoms with Gasteiger partial charge in [-0.2, -0.15) is 8.78 Å². The number of benzene rings is 1. The zero-order valence-corrected chi connectivity index (χ0v) is 15.7. The van der Waals surface area contributed by atoms with Crippen molar-refractivity contribution in [1.82, 2.24) is 9.80 Å². The molecule has 0 fully saturated rings. The van der Waals surface area contributed by atoms with Crippen molar-refractivity contribution in [2.24, 2.45) is 4.99 Å². The number of hydrogen-bond acceptors (Lipinski definition) is 3. The molecule has 0 aromatic heterocycles. The molecular weight excluding hydrogens is 407 g/mol. The zero-order chi connectivity index (χ0) is 16.0. The topological polar surface area (TPSA) is 37.3 Å². The number of halogens is 3. The molecule has 22 heavy (non-hydrogen) atoms. The van der Waals surface area contributed by atoms with Gasteiger partial charge in [0.1, 0.15) is 11.5 Å². The number of nitrogens with zero attached hydrogens (tertiary/aromatic N) is 3. The molecule has 5 nitrogen and oxygen atoms in total. The Labute approximate surface area is 146 Å². The maximum atomic E-state index is 12.4. The third kappa shape index (κ3) is 6.20. The number of methoxy groups -OCH3 is 1. The van der Waals surface area contributed by atoms with E-state index in [1.807, 2.05) is 38.0 Å². The van der Waals surface area contributed by atoms with E-state index < -0.39 is 6.61 Å². The Balaban J connectivity index is 0.00000441. The van der Waals surface area contributed by atoms with Crippen LogP contribution in [-0.4, -0.2) is 57.7 Å². The Morgan fingerprint density at radius 1 is 1.18 bits per heavy atom. The molecule has 0 N–H and O–H groups in total. The van der Waals surface area contributed by atoms with E-state index in [9.17, 15) is 8.78 Å². The van der Waals surface area contributed by atoms with E-state index in [1.54, 1.807) is 12.1 Å². The number of ether oxygens (including phenoxy) is 2. The maximum Gasteiger partial charge on any atom is 0.387 e. The second-order valence-electron chi connectivity index (χ2n) is 4.76. The van der Waals surface area contributed by atoms with Gasteiger partial charge in [0, 0.05) is 33.8 Å². The molecule has 0 bridgehead atoms. The van der Waals surface area contributed by atoms with Gasteiger partial charge in [-0.25, -0.2) is 4.99 Å². The first-order chi connectivity index (χ1) is 9.85. The molecule has 1 aromatic rings. The predicted molar refractivity (Wildman–Crippen MR) is 93.6 cm³/mol. The number of alkyl halides is 2. The normalized spacial score (nSPS) is 9.82. The lowest BCUT2D eigenvalue weighted by Gasteiger charge is -2.22. The average Bonchev–Trinajstić information content (AvgIpc) is 2.39. The molecule has 0 aliphatic rings. The molecule has 126 valence electrons. The van der Waals surface area contributed by atoms with Crippen LogP contribution in [0.5, 0.6) is 11.5 Å². The molecule has 0 atom stereocenters. The van der Waals surface area contributed by atoms with Crippen LogP contribution in [-0.2, 0) is 6.54 Å². The highest BCUT2D eigenvalue weighted by Gasteiger charge is 2.12. The second-order valence-corrected chi connectivity index (χ2v) is 4.76. The second kappa shape index (κ2) is 9.65. The summed E-state index contributed by atoms with van der Waals surface area (Å²) in [6.07, 6.45) is 0. The van der Waals surface area contributed by atoms with E-state index in [1.165, 1.54) is 13.2 Å². The highest BCUT2D eigenvalue weighted by atomic mass is 127. The van der Waals surface area contributed by atoms with Crippen molar-refractivity contribution in [1.29, 1.82) is 0 Å².